The second-order valence-electron chi connectivity index (χ2n) is 5.96. The molecule has 1 aromatic heterocycles. The number of hydrogen-bond acceptors (Lipinski definition) is 3. The third kappa shape index (κ3) is 4.28. The second-order valence-corrected chi connectivity index (χ2v) is 7.09. The van der Waals surface area contributed by atoms with E-state index < -0.39 is 11.7 Å². The minimum absolute atomic E-state index is 0.0177. The number of rotatable bonds is 5. The summed E-state index contributed by atoms with van der Waals surface area (Å²) in [6.07, 6.45) is -3.94. The summed E-state index contributed by atoms with van der Waals surface area (Å²) in [7, 11) is 0. The van der Waals surface area contributed by atoms with Gasteiger partial charge in [0.1, 0.15) is 17.5 Å². The van der Waals surface area contributed by atoms with Crippen LogP contribution in [-0.2, 0) is 19.2 Å². The highest BCUT2D eigenvalue weighted by atomic mass is 35.5. The van der Waals surface area contributed by atoms with Gasteiger partial charge in [0.25, 0.3) is 0 Å². The summed E-state index contributed by atoms with van der Waals surface area (Å²) in [5.41, 5.74) is 2.48. The Balaban J connectivity index is 1.92. The van der Waals surface area contributed by atoms with Crippen molar-refractivity contribution in [1.82, 2.24) is 4.37 Å². The van der Waals surface area contributed by atoms with Crippen LogP contribution in [0.2, 0.25) is 5.15 Å². The lowest BCUT2D eigenvalue weighted by atomic mass is 10.0. The van der Waals surface area contributed by atoms with Gasteiger partial charge in [0.15, 0.2) is 0 Å². The molecule has 27 heavy (non-hydrogen) atoms. The van der Waals surface area contributed by atoms with E-state index in [1.807, 2.05) is 38.1 Å². The zero-order valence-electron chi connectivity index (χ0n) is 14.7. The number of hydrogen-bond donors (Lipinski definition) is 0. The molecule has 141 valence electrons. The maximum absolute atomic E-state index is 13.0. The number of benzene rings is 2. The van der Waals surface area contributed by atoms with Crippen molar-refractivity contribution in [1.29, 1.82) is 0 Å². The monoisotopic (exact) mass is 410 g/mol. The Hall–Kier alpha value is -2.05. The van der Waals surface area contributed by atoms with Gasteiger partial charge in [-0.05, 0) is 47.6 Å². The van der Waals surface area contributed by atoms with Gasteiger partial charge in [-0.1, -0.05) is 48.9 Å². The minimum atomic E-state index is -4.47. The summed E-state index contributed by atoms with van der Waals surface area (Å²) >= 11 is 7.46. The van der Waals surface area contributed by atoms with Crippen molar-refractivity contribution in [3.05, 3.63) is 69.9 Å². The van der Waals surface area contributed by atoms with Crippen LogP contribution in [0.4, 0.5) is 13.2 Å². The fraction of sp³-hybridized carbons (Fsp3) is 0.250. The molecule has 0 fully saturated rings. The second kappa shape index (κ2) is 7.90. The first-order valence-electron chi connectivity index (χ1n) is 8.26. The normalized spacial score (nSPS) is 11.6. The lowest BCUT2D eigenvalue weighted by molar-refractivity contribution is -0.137. The van der Waals surface area contributed by atoms with E-state index in [4.69, 9.17) is 16.3 Å². The van der Waals surface area contributed by atoms with Crippen LogP contribution in [0, 0.1) is 13.0 Å². The summed E-state index contributed by atoms with van der Waals surface area (Å²) in [6.45, 7) is 3.84. The van der Waals surface area contributed by atoms with Gasteiger partial charge < -0.3 is 4.74 Å². The highest BCUT2D eigenvalue weighted by Crippen LogP contribution is 2.37. The lowest BCUT2D eigenvalue weighted by Crippen LogP contribution is -2.07. The molecule has 0 bridgehead atoms. The van der Waals surface area contributed by atoms with Crippen LogP contribution in [0.25, 0.3) is 10.4 Å². The maximum atomic E-state index is 13.0. The van der Waals surface area contributed by atoms with Gasteiger partial charge >= 0.3 is 6.18 Å². The largest absolute Gasteiger partial charge is 0.488 e. The Morgan fingerprint density at radius 2 is 1.93 bits per heavy atom. The third-order valence-corrected chi connectivity index (χ3v) is 5.50. The van der Waals surface area contributed by atoms with Gasteiger partial charge in [0.2, 0.25) is 0 Å². The van der Waals surface area contributed by atoms with Crippen molar-refractivity contribution in [2.45, 2.75) is 33.1 Å². The van der Waals surface area contributed by atoms with E-state index in [2.05, 4.69) is 10.4 Å². The molecular weight excluding hydrogens is 395 g/mol. The van der Waals surface area contributed by atoms with Gasteiger partial charge in [0, 0.05) is 11.6 Å². The third-order valence-electron chi connectivity index (χ3n) is 4.17. The minimum Gasteiger partial charge on any atom is -0.488 e. The molecule has 1 heterocycles. The molecule has 2 nitrogen and oxygen atoms in total. The molecule has 0 saturated carbocycles. The molecule has 2 aromatic carbocycles. The Morgan fingerprint density at radius 3 is 2.59 bits per heavy atom. The molecule has 0 aliphatic carbocycles. The molecule has 0 unspecified atom stereocenters. The molecule has 7 heteroatoms. The standard InChI is InChI=1S/C20H16ClF3NOS/c1-3-13-8-9-14(20(22,23)24)10-17(13)26-11-16-18(27-25-19(16)21)15-7-5-4-6-12(15)2/h4-9H,3,11H2,1-2H3. The molecule has 0 saturated heterocycles. The topological polar surface area (TPSA) is 22.1 Å². The van der Waals surface area contributed by atoms with E-state index in [0.717, 1.165) is 22.1 Å². The van der Waals surface area contributed by atoms with Crippen LogP contribution in [0.3, 0.4) is 0 Å². The average Bonchev–Trinajstić information content (AvgIpc) is 2.99. The molecule has 0 aliphatic heterocycles. The number of halogens is 4. The Kier molecular flexibility index (Phi) is 5.77. The zero-order valence-corrected chi connectivity index (χ0v) is 16.2. The lowest BCUT2D eigenvalue weighted by Gasteiger charge is -2.14. The summed E-state index contributed by atoms with van der Waals surface area (Å²) in [5, 5.41) is 0.295. The van der Waals surface area contributed by atoms with Crippen LogP contribution in [-0.4, -0.2) is 4.37 Å². The van der Waals surface area contributed by atoms with Crippen molar-refractivity contribution >= 4 is 23.1 Å². The Labute approximate surface area is 164 Å². The van der Waals surface area contributed by atoms with Gasteiger partial charge in [0.05, 0.1) is 10.4 Å². The zero-order chi connectivity index (χ0) is 19.6. The smallest absolute Gasteiger partial charge is 0.417 e. The number of aryl methyl sites for hydroxylation is 2. The quantitative estimate of drug-likeness (QED) is 0.465. The molecule has 3 rings (SSSR count). The van der Waals surface area contributed by atoms with Gasteiger partial charge in [-0.3, -0.25) is 0 Å². The first-order chi connectivity index (χ1) is 12.8. The number of ether oxygens (including phenoxy) is 1. The average molecular weight is 411 g/mol. The van der Waals surface area contributed by atoms with E-state index >= 15 is 0 Å². The molecule has 1 radical (unpaired) electrons. The van der Waals surface area contributed by atoms with Gasteiger partial charge in [-0.2, -0.15) is 17.5 Å². The van der Waals surface area contributed by atoms with E-state index in [9.17, 15) is 13.2 Å². The predicted molar refractivity (Wildman–Crippen MR) is 101 cm³/mol. The highest BCUT2D eigenvalue weighted by molar-refractivity contribution is 7.10. The molecule has 0 spiro atoms. The molecular formula is C20H16ClF3NOS. The number of aromatic nitrogens is 1. The van der Waals surface area contributed by atoms with Crippen LogP contribution in [0.15, 0.2) is 36.4 Å². The first kappa shape index (κ1) is 19.7. The van der Waals surface area contributed by atoms with Gasteiger partial charge in [-0.25, -0.2) is 0 Å². The fourth-order valence-corrected chi connectivity index (χ4v) is 3.86. The number of alkyl halides is 3. The SMILES string of the molecule is CCc1ccc(C(F)(F)F)[c]c1OCc1c(Cl)nsc1-c1ccccc1C. The summed E-state index contributed by atoms with van der Waals surface area (Å²) in [4.78, 5) is 0.850. The highest BCUT2D eigenvalue weighted by Gasteiger charge is 2.31. The van der Waals surface area contributed by atoms with Crippen LogP contribution < -0.4 is 4.74 Å². The molecule has 0 N–H and O–H groups in total. The summed E-state index contributed by atoms with van der Waals surface area (Å²) in [6, 6.07) is 12.6. The summed E-state index contributed by atoms with van der Waals surface area (Å²) in [5.74, 6) is 0.0883. The number of nitrogens with zero attached hydrogens (tertiary/aromatic N) is 1. The molecule has 0 amide bonds. The van der Waals surface area contributed by atoms with E-state index in [1.54, 1.807) is 0 Å². The van der Waals surface area contributed by atoms with Crippen molar-refractivity contribution in [2.75, 3.05) is 0 Å². The molecule has 3 aromatic rings. The van der Waals surface area contributed by atoms with Crippen molar-refractivity contribution in [3.63, 3.8) is 0 Å². The molecule has 0 atom stereocenters. The van der Waals surface area contributed by atoms with E-state index in [-0.39, 0.29) is 12.4 Å². The molecule has 0 aliphatic rings. The Morgan fingerprint density at radius 1 is 1.19 bits per heavy atom. The Bertz CT molecular complexity index is 953. The van der Waals surface area contributed by atoms with Crippen molar-refractivity contribution < 1.29 is 17.9 Å². The van der Waals surface area contributed by atoms with Crippen molar-refractivity contribution in [3.8, 4) is 16.2 Å². The fourth-order valence-electron chi connectivity index (χ4n) is 2.67. The predicted octanol–water partition coefficient (Wildman–Crippen LogP) is 6.73. The van der Waals surface area contributed by atoms with Crippen LogP contribution >= 0.6 is 23.1 Å². The van der Waals surface area contributed by atoms with Crippen LogP contribution in [0.5, 0.6) is 5.75 Å². The van der Waals surface area contributed by atoms with Gasteiger partial charge in [-0.15, -0.1) is 0 Å². The van der Waals surface area contributed by atoms with E-state index in [0.29, 0.717) is 22.7 Å². The first-order valence-corrected chi connectivity index (χ1v) is 9.41. The van der Waals surface area contributed by atoms with E-state index in [1.165, 1.54) is 17.6 Å². The summed E-state index contributed by atoms with van der Waals surface area (Å²) < 4.78 is 48.9. The van der Waals surface area contributed by atoms with Crippen LogP contribution in [0.1, 0.15) is 29.2 Å². The van der Waals surface area contributed by atoms with Crippen molar-refractivity contribution in [2.24, 2.45) is 0 Å². The maximum Gasteiger partial charge on any atom is 0.417 e.